The van der Waals surface area contributed by atoms with Crippen molar-refractivity contribution < 1.29 is 13.2 Å². The highest BCUT2D eigenvalue weighted by Crippen LogP contribution is 2.37. The molecule has 1 aliphatic rings. The lowest BCUT2D eigenvalue weighted by Crippen LogP contribution is -2.32. The van der Waals surface area contributed by atoms with Gasteiger partial charge in [-0.3, -0.25) is 9.52 Å². The molecule has 1 N–H and O–H groups in total. The van der Waals surface area contributed by atoms with Crippen LogP contribution < -0.4 is 4.72 Å². The van der Waals surface area contributed by atoms with Crippen molar-refractivity contribution in [3.63, 3.8) is 0 Å². The van der Waals surface area contributed by atoms with Crippen LogP contribution in [0.25, 0.3) is 0 Å². The third-order valence-electron chi connectivity index (χ3n) is 1.85. The van der Waals surface area contributed by atoms with Crippen molar-refractivity contribution in [1.82, 2.24) is 4.72 Å². The zero-order chi connectivity index (χ0) is 9.35. The Kier molecular flexibility index (Phi) is 2.77. The van der Waals surface area contributed by atoms with E-state index in [2.05, 4.69) is 15.9 Å². The highest BCUT2D eigenvalue weighted by Gasteiger charge is 2.40. The fraction of sp³-hybridized carbons (Fsp3) is 0.833. The first-order valence-corrected chi connectivity index (χ1v) is 6.34. The van der Waals surface area contributed by atoms with Crippen LogP contribution in [0.15, 0.2) is 0 Å². The predicted molar refractivity (Wildman–Crippen MR) is 48.1 cm³/mol. The summed E-state index contributed by atoms with van der Waals surface area (Å²) in [4.78, 5) is 11.1. The van der Waals surface area contributed by atoms with Gasteiger partial charge in [0.2, 0.25) is 15.9 Å². The molecule has 1 aliphatic carbocycles. The Morgan fingerprint density at radius 2 is 2.17 bits per heavy atom. The molecule has 0 aliphatic heterocycles. The number of amides is 1. The van der Waals surface area contributed by atoms with Crippen LogP contribution >= 0.6 is 15.9 Å². The van der Waals surface area contributed by atoms with Gasteiger partial charge in [-0.1, -0.05) is 22.9 Å². The molecule has 0 aromatic heterocycles. The maximum Gasteiger partial charge on any atom is 0.244 e. The minimum absolute atomic E-state index is 0.0983. The van der Waals surface area contributed by atoms with E-state index in [0.29, 0.717) is 5.92 Å². The molecule has 0 bridgehead atoms. The highest BCUT2D eigenvalue weighted by molar-refractivity contribution is 9.10. The molecule has 4 nitrogen and oxygen atoms in total. The summed E-state index contributed by atoms with van der Waals surface area (Å²) in [6, 6.07) is 0. The van der Waals surface area contributed by atoms with Crippen molar-refractivity contribution in [3.05, 3.63) is 0 Å². The molecule has 12 heavy (non-hydrogen) atoms. The molecular formula is C6H10BrNO3S. The Morgan fingerprint density at radius 1 is 1.67 bits per heavy atom. The summed E-state index contributed by atoms with van der Waals surface area (Å²) in [5.41, 5.74) is 0. The van der Waals surface area contributed by atoms with Crippen LogP contribution in [0.4, 0.5) is 0 Å². The Bertz CT molecular complexity index is 287. The normalized spacial score (nSPS) is 28.2. The lowest BCUT2D eigenvalue weighted by atomic mass is 10.3. The van der Waals surface area contributed by atoms with Crippen LogP contribution in [-0.2, 0) is 14.8 Å². The number of carbonyl (C=O) groups is 1. The monoisotopic (exact) mass is 255 g/mol. The molecule has 6 heteroatoms. The van der Waals surface area contributed by atoms with Crippen LogP contribution in [0.1, 0.15) is 13.3 Å². The van der Waals surface area contributed by atoms with Gasteiger partial charge in [-0.2, -0.15) is 0 Å². The maximum absolute atomic E-state index is 11.1. The van der Waals surface area contributed by atoms with E-state index >= 15 is 0 Å². The van der Waals surface area contributed by atoms with Gasteiger partial charge >= 0.3 is 0 Å². The van der Waals surface area contributed by atoms with E-state index < -0.39 is 10.0 Å². The van der Waals surface area contributed by atoms with E-state index in [0.717, 1.165) is 6.42 Å². The Hall–Kier alpha value is -0.100. The second kappa shape index (κ2) is 3.33. The van der Waals surface area contributed by atoms with Crippen LogP contribution in [0, 0.1) is 11.8 Å². The fourth-order valence-electron chi connectivity index (χ4n) is 0.944. The van der Waals surface area contributed by atoms with Gasteiger partial charge in [0.25, 0.3) is 0 Å². The van der Waals surface area contributed by atoms with E-state index in [1.165, 1.54) is 0 Å². The standard InChI is InChI=1S/C6H10BrNO3S/c1-4-2-5(4)6(9)8-12(10,11)3-7/h4-5H,2-3H2,1H3,(H,8,9). The van der Waals surface area contributed by atoms with Gasteiger partial charge < -0.3 is 0 Å². The number of sulfonamides is 1. The molecule has 0 radical (unpaired) electrons. The minimum Gasteiger partial charge on any atom is -0.274 e. The first-order valence-electron chi connectivity index (χ1n) is 3.56. The van der Waals surface area contributed by atoms with Crippen molar-refractivity contribution >= 4 is 31.9 Å². The molecule has 2 atom stereocenters. The largest absolute Gasteiger partial charge is 0.274 e. The van der Waals surface area contributed by atoms with Crippen molar-refractivity contribution in [3.8, 4) is 0 Å². The number of hydrogen-bond acceptors (Lipinski definition) is 3. The van der Waals surface area contributed by atoms with Crippen molar-refractivity contribution in [2.24, 2.45) is 11.8 Å². The number of hydrogen-bond donors (Lipinski definition) is 1. The molecule has 1 rings (SSSR count). The Balaban J connectivity index is 2.47. The second-order valence-electron chi connectivity index (χ2n) is 3.01. The van der Waals surface area contributed by atoms with Gasteiger partial charge in [0.15, 0.2) is 0 Å². The summed E-state index contributed by atoms with van der Waals surface area (Å²) in [6.07, 6.45) is 0.795. The number of nitrogens with one attached hydrogen (secondary N) is 1. The molecule has 1 amide bonds. The van der Waals surface area contributed by atoms with Gasteiger partial charge in [0.1, 0.15) is 4.66 Å². The third-order valence-corrected chi connectivity index (χ3v) is 4.45. The van der Waals surface area contributed by atoms with Gasteiger partial charge in [-0.05, 0) is 12.3 Å². The first-order chi connectivity index (χ1) is 5.46. The molecule has 1 fully saturated rings. The number of carbonyl (C=O) groups excluding carboxylic acids is 1. The molecule has 70 valence electrons. The van der Waals surface area contributed by atoms with Crippen LogP contribution in [-0.4, -0.2) is 19.0 Å². The smallest absolute Gasteiger partial charge is 0.244 e. The quantitative estimate of drug-likeness (QED) is 0.745. The molecule has 0 heterocycles. The number of alkyl halides is 1. The van der Waals surface area contributed by atoms with E-state index in [-0.39, 0.29) is 16.5 Å². The van der Waals surface area contributed by atoms with E-state index in [9.17, 15) is 13.2 Å². The topological polar surface area (TPSA) is 63.2 Å². The summed E-state index contributed by atoms with van der Waals surface area (Å²) >= 11 is 2.78. The van der Waals surface area contributed by atoms with E-state index in [4.69, 9.17) is 0 Å². The number of rotatable bonds is 3. The summed E-state index contributed by atoms with van der Waals surface area (Å²) in [6.45, 7) is 1.92. The SMILES string of the molecule is CC1CC1C(=O)NS(=O)(=O)CBr. The van der Waals surface area contributed by atoms with Gasteiger partial charge in [0, 0.05) is 5.92 Å². The maximum atomic E-state index is 11.1. The zero-order valence-corrected chi connectivity index (χ0v) is 8.98. The van der Waals surface area contributed by atoms with Gasteiger partial charge in [-0.15, -0.1) is 0 Å². The van der Waals surface area contributed by atoms with E-state index in [1.807, 2.05) is 11.6 Å². The average Bonchev–Trinajstić information content (AvgIpc) is 2.66. The summed E-state index contributed by atoms with van der Waals surface area (Å²) in [5, 5.41) is 0. The molecule has 0 saturated heterocycles. The second-order valence-corrected chi connectivity index (χ2v) is 6.03. The highest BCUT2D eigenvalue weighted by atomic mass is 79.9. The van der Waals surface area contributed by atoms with Crippen molar-refractivity contribution in [1.29, 1.82) is 0 Å². The Morgan fingerprint density at radius 3 is 2.50 bits per heavy atom. The summed E-state index contributed by atoms with van der Waals surface area (Å²) in [5.74, 6) is -0.142. The molecule has 1 saturated carbocycles. The van der Waals surface area contributed by atoms with Crippen LogP contribution in [0.3, 0.4) is 0 Å². The molecule has 0 spiro atoms. The van der Waals surface area contributed by atoms with Crippen molar-refractivity contribution in [2.75, 3.05) is 4.66 Å². The molecule has 0 aromatic carbocycles. The summed E-state index contributed by atoms with van der Waals surface area (Å²) < 4.78 is 23.5. The average molecular weight is 256 g/mol. The minimum atomic E-state index is -3.43. The lowest BCUT2D eigenvalue weighted by molar-refractivity contribution is -0.120. The third kappa shape index (κ3) is 2.45. The lowest BCUT2D eigenvalue weighted by Gasteiger charge is -2.01. The molecule has 0 aromatic rings. The van der Waals surface area contributed by atoms with Crippen LogP contribution in [0.2, 0.25) is 0 Å². The van der Waals surface area contributed by atoms with Crippen LogP contribution in [0.5, 0.6) is 0 Å². The zero-order valence-electron chi connectivity index (χ0n) is 6.58. The van der Waals surface area contributed by atoms with Gasteiger partial charge in [0.05, 0.1) is 0 Å². The van der Waals surface area contributed by atoms with E-state index in [1.54, 1.807) is 0 Å². The molecule has 2 unspecified atom stereocenters. The number of halogens is 1. The predicted octanol–water partition coefficient (Wildman–Crippen LogP) is 0.441. The van der Waals surface area contributed by atoms with Crippen molar-refractivity contribution in [2.45, 2.75) is 13.3 Å². The first kappa shape index (κ1) is 9.98. The Labute approximate surface area is 79.9 Å². The fourth-order valence-corrected chi connectivity index (χ4v) is 1.80. The molecular weight excluding hydrogens is 246 g/mol. The van der Waals surface area contributed by atoms with Gasteiger partial charge in [-0.25, -0.2) is 8.42 Å². The summed E-state index contributed by atoms with van der Waals surface area (Å²) in [7, 11) is -3.43.